The predicted molar refractivity (Wildman–Crippen MR) is 80.2 cm³/mol. The number of carbonyl (C=O) groups excluding carboxylic acids is 1. The van der Waals surface area contributed by atoms with Crippen molar-refractivity contribution in [1.82, 2.24) is 0 Å². The van der Waals surface area contributed by atoms with Crippen LogP contribution in [-0.2, 0) is 4.79 Å². The van der Waals surface area contributed by atoms with Gasteiger partial charge < -0.3 is 19.2 Å². The zero-order chi connectivity index (χ0) is 16.1. The number of anilines is 1. The highest BCUT2D eigenvalue weighted by atomic mass is 16.5. The van der Waals surface area contributed by atoms with Crippen LogP contribution in [0.1, 0.15) is 17.5 Å². The van der Waals surface area contributed by atoms with Crippen molar-refractivity contribution in [2.24, 2.45) is 5.92 Å². The highest BCUT2D eigenvalue weighted by Crippen LogP contribution is 2.24. The average molecular weight is 303 g/mol. The highest BCUT2D eigenvalue weighted by molar-refractivity contribution is 6.04. The van der Waals surface area contributed by atoms with Gasteiger partial charge >= 0.3 is 5.97 Å². The van der Waals surface area contributed by atoms with Gasteiger partial charge in [0.1, 0.15) is 5.75 Å². The summed E-state index contributed by atoms with van der Waals surface area (Å²) in [6, 6.07) is 10.0. The van der Waals surface area contributed by atoms with Gasteiger partial charge in [0.05, 0.1) is 19.3 Å². The van der Waals surface area contributed by atoms with E-state index >= 15 is 0 Å². The van der Waals surface area contributed by atoms with Gasteiger partial charge in [-0.05, 0) is 24.3 Å². The Kier molecular flexibility index (Phi) is 4.83. The van der Waals surface area contributed by atoms with Crippen molar-refractivity contribution in [3.63, 3.8) is 0 Å². The number of ether oxygens (including phenoxy) is 1. The van der Waals surface area contributed by atoms with Crippen LogP contribution < -0.4 is 9.64 Å². The Hall–Kier alpha value is -2.76. The SMILES string of the molecule is COc1cccc(N(CC(C)C(=O)O)C(=O)c2ccco2)c1. The molecule has 1 heterocycles. The number of nitrogens with zero attached hydrogens (tertiary/aromatic N) is 1. The molecule has 1 unspecified atom stereocenters. The van der Waals surface area contributed by atoms with E-state index in [1.54, 1.807) is 43.3 Å². The molecular weight excluding hydrogens is 286 g/mol. The van der Waals surface area contributed by atoms with Crippen LogP contribution in [0.3, 0.4) is 0 Å². The molecule has 0 saturated carbocycles. The Bertz CT molecular complexity index is 650. The number of carboxylic acid groups (broad SMARTS) is 1. The minimum absolute atomic E-state index is 0.0298. The van der Waals surface area contributed by atoms with Gasteiger partial charge in [0.2, 0.25) is 0 Å². The van der Waals surface area contributed by atoms with Gasteiger partial charge in [-0.2, -0.15) is 0 Å². The quantitative estimate of drug-likeness (QED) is 0.887. The van der Waals surface area contributed by atoms with Gasteiger partial charge in [-0.15, -0.1) is 0 Å². The monoisotopic (exact) mass is 303 g/mol. The van der Waals surface area contributed by atoms with Crippen molar-refractivity contribution in [2.45, 2.75) is 6.92 Å². The first kappa shape index (κ1) is 15.6. The number of methoxy groups -OCH3 is 1. The van der Waals surface area contributed by atoms with Crippen molar-refractivity contribution >= 4 is 17.6 Å². The summed E-state index contributed by atoms with van der Waals surface area (Å²) in [6.07, 6.45) is 1.40. The summed E-state index contributed by atoms with van der Waals surface area (Å²) in [5.41, 5.74) is 0.550. The second kappa shape index (κ2) is 6.80. The molecule has 0 aliphatic carbocycles. The van der Waals surface area contributed by atoms with E-state index < -0.39 is 17.8 Å². The van der Waals surface area contributed by atoms with Crippen LogP contribution in [0.25, 0.3) is 0 Å². The van der Waals surface area contributed by atoms with Gasteiger partial charge in [-0.25, -0.2) is 0 Å². The third-order valence-electron chi connectivity index (χ3n) is 3.22. The molecule has 0 radical (unpaired) electrons. The molecule has 1 aromatic heterocycles. The van der Waals surface area contributed by atoms with Crippen LogP contribution in [0.15, 0.2) is 47.1 Å². The molecule has 22 heavy (non-hydrogen) atoms. The van der Waals surface area contributed by atoms with E-state index in [9.17, 15) is 9.59 Å². The van der Waals surface area contributed by atoms with Gasteiger partial charge in [-0.3, -0.25) is 9.59 Å². The molecule has 116 valence electrons. The average Bonchev–Trinajstić information content (AvgIpc) is 3.06. The second-order valence-electron chi connectivity index (χ2n) is 4.83. The van der Waals surface area contributed by atoms with Crippen LogP contribution in [-0.4, -0.2) is 30.6 Å². The molecule has 2 aromatic rings. The number of carboxylic acids is 1. The summed E-state index contributed by atoms with van der Waals surface area (Å²) in [7, 11) is 1.53. The first-order valence-corrected chi connectivity index (χ1v) is 6.75. The summed E-state index contributed by atoms with van der Waals surface area (Å²) < 4.78 is 10.3. The summed E-state index contributed by atoms with van der Waals surface area (Å²) in [4.78, 5) is 25.0. The normalized spacial score (nSPS) is 11.7. The van der Waals surface area contributed by atoms with Gasteiger partial charge in [-0.1, -0.05) is 13.0 Å². The zero-order valence-corrected chi connectivity index (χ0v) is 12.4. The van der Waals surface area contributed by atoms with E-state index in [1.165, 1.54) is 18.3 Å². The number of hydrogen-bond acceptors (Lipinski definition) is 4. The first-order valence-electron chi connectivity index (χ1n) is 6.75. The van der Waals surface area contributed by atoms with Crippen LogP contribution in [0.5, 0.6) is 5.75 Å². The Morgan fingerprint density at radius 1 is 1.32 bits per heavy atom. The smallest absolute Gasteiger partial charge is 0.308 e. The maximum atomic E-state index is 12.6. The Balaban J connectivity index is 2.35. The molecule has 0 aliphatic heterocycles. The van der Waals surface area contributed by atoms with Gasteiger partial charge in [0.25, 0.3) is 5.91 Å². The standard InChI is InChI=1S/C16H17NO5/c1-11(16(19)20)10-17(15(18)14-7-4-8-22-14)12-5-3-6-13(9-12)21-2/h3-9,11H,10H2,1-2H3,(H,19,20). The van der Waals surface area contributed by atoms with Gasteiger partial charge in [0, 0.05) is 18.3 Å². The molecule has 1 atom stereocenters. The molecule has 6 nitrogen and oxygen atoms in total. The minimum Gasteiger partial charge on any atom is -0.497 e. The summed E-state index contributed by atoms with van der Waals surface area (Å²) in [5.74, 6) is -1.35. The van der Waals surface area contributed by atoms with Crippen LogP contribution in [0, 0.1) is 5.92 Å². The van der Waals surface area contributed by atoms with E-state index in [0.717, 1.165) is 0 Å². The van der Waals surface area contributed by atoms with E-state index in [4.69, 9.17) is 14.3 Å². The van der Waals surface area contributed by atoms with Crippen molar-refractivity contribution in [2.75, 3.05) is 18.6 Å². The maximum absolute atomic E-state index is 12.6. The van der Waals surface area contributed by atoms with Crippen LogP contribution in [0.4, 0.5) is 5.69 Å². The maximum Gasteiger partial charge on any atom is 0.308 e. The predicted octanol–water partition coefficient (Wildman–Crippen LogP) is 2.66. The fourth-order valence-electron chi connectivity index (χ4n) is 1.97. The Morgan fingerprint density at radius 3 is 2.68 bits per heavy atom. The van der Waals surface area contributed by atoms with E-state index in [-0.39, 0.29) is 12.3 Å². The number of hydrogen-bond donors (Lipinski definition) is 1. The number of amides is 1. The fraction of sp³-hybridized carbons (Fsp3) is 0.250. The Labute approximate surface area is 127 Å². The number of benzene rings is 1. The molecule has 0 bridgehead atoms. The summed E-state index contributed by atoms with van der Waals surface area (Å²) in [5, 5.41) is 9.10. The Morgan fingerprint density at radius 2 is 2.09 bits per heavy atom. The molecule has 0 saturated heterocycles. The lowest BCUT2D eigenvalue weighted by atomic mass is 10.1. The number of aliphatic carboxylic acids is 1. The molecular formula is C16H17NO5. The molecule has 6 heteroatoms. The highest BCUT2D eigenvalue weighted by Gasteiger charge is 2.25. The topological polar surface area (TPSA) is 80.0 Å². The van der Waals surface area contributed by atoms with Crippen LogP contribution >= 0.6 is 0 Å². The van der Waals surface area contributed by atoms with Crippen LogP contribution in [0.2, 0.25) is 0 Å². The fourth-order valence-corrected chi connectivity index (χ4v) is 1.97. The molecule has 1 N–H and O–H groups in total. The second-order valence-corrected chi connectivity index (χ2v) is 4.83. The zero-order valence-electron chi connectivity index (χ0n) is 12.4. The number of furan rings is 1. The van der Waals surface area contributed by atoms with Crippen molar-refractivity contribution in [1.29, 1.82) is 0 Å². The van der Waals surface area contributed by atoms with Gasteiger partial charge in [0.15, 0.2) is 5.76 Å². The van der Waals surface area contributed by atoms with Crippen molar-refractivity contribution in [3.05, 3.63) is 48.4 Å². The molecule has 0 aliphatic rings. The largest absolute Gasteiger partial charge is 0.497 e. The minimum atomic E-state index is -0.972. The molecule has 0 fully saturated rings. The third-order valence-corrected chi connectivity index (χ3v) is 3.22. The lowest BCUT2D eigenvalue weighted by Gasteiger charge is -2.24. The van der Waals surface area contributed by atoms with E-state index in [2.05, 4.69) is 0 Å². The summed E-state index contributed by atoms with van der Waals surface area (Å²) >= 11 is 0. The van der Waals surface area contributed by atoms with Crippen molar-refractivity contribution < 1.29 is 23.8 Å². The number of rotatable bonds is 6. The lowest BCUT2D eigenvalue weighted by Crippen LogP contribution is -2.36. The van der Waals surface area contributed by atoms with E-state index in [0.29, 0.717) is 11.4 Å². The van der Waals surface area contributed by atoms with E-state index in [1.807, 2.05) is 0 Å². The first-order chi connectivity index (χ1) is 10.5. The molecule has 1 amide bonds. The summed E-state index contributed by atoms with van der Waals surface area (Å²) in [6.45, 7) is 1.58. The molecule has 2 rings (SSSR count). The van der Waals surface area contributed by atoms with Crippen molar-refractivity contribution in [3.8, 4) is 5.75 Å². The third kappa shape index (κ3) is 3.46. The number of carbonyl (C=O) groups is 2. The molecule has 0 spiro atoms. The lowest BCUT2D eigenvalue weighted by molar-refractivity contribution is -0.140. The molecule has 1 aromatic carbocycles.